The highest BCUT2D eigenvalue weighted by atomic mass is 16.4. The first-order valence-electron chi connectivity index (χ1n) is 4.27. The second-order valence-electron chi connectivity index (χ2n) is 2.57. The van der Waals surface area contributed by atoms with E-state index in [1.165, 1.54) is 11.9 Å². The molecule has 1 unspecified atom stereocenters. The summed E-state index contributed by atoms with van der Waals surface area (Å²) in [6.07, 6.45) is 0. The quantitative estimate of drug-likeness (QED) is 0.572. The Morgan fingerprint density at radius 2 is 1.85 bits per heavy atom. The molecule has 0 fully saturated rings. The van der Waals surface area contributed by atoms with E-state index in [-0.39, 0.29) is 5.91 Å². The van der Waals surface area contributed by atoms with Crippen molar-refractivity contribution in [2.24, 2.45) is 0 Å². The molecule has 1 atom stereocenters. The van der Waals surface area contributed by atoms with Gasteiger partial charge in [-0.2, -0.15) is 0 Å². The lowest BCUT2D eigenvalue weighted by Gasteiger charge is -2.22. The van der Waals surface area contributed by atoms with E-state index in [1.54, 1.807) is 0 Å². The largest absolute Gasteiger partial charge is 0.480 e. The van der Waals surface area contributed by atoms with E-state index < -0.39 is 12.0 Å². The Kier molecular flexibility index (Phi) is 5.06. The molecule has 0 spiro atoms. The summed E-state index contributed by atoms with van der Waals surface area (Å²) in [5, 5.41) is 11.1. The molecule has 0 aromatic heterocycles. The Morgan fingerprint density at radius 3 is 2.08 bits per heavy atom. The lowest BCUT2D eigenvalue weighted by Crippen LogP contribution is -2.49. The molecule has 5 heteroatoms. The van der Waals surface area contributed by atoms with E-state index >= 15 is 0 Å². The number of aliphatic carboxylic acids is 1. The van der Waals surface area contributed by atoms with Gasteiger partial charge in [0, 0.05) is 13.1 Å². The summed E-state index contributed by atoms with van der Waals surface area (Å²) in [7, 11) is 1.46. The molecule has 0 aliphatic heterocycles. The molecule has 0 aliphatic carbocycles. The molecule has 0 saturated heterocycles. The second-order valence-corrected chi connectivity index (χ2v) is 2.57. The zero-order chi connectivity index (χ0) is 10.4. The zero-order valence-electron chi connectivity index (χ0n) is 8.20. The number of nitrogens with one attached hydrogen (secondary N) is 1. The Hall–Kier alpha value is -1.10. The molecule has 0 saturated carbocycles. The number of hydrogen-bond donors (Lipinski definition) is 2. The van der Waals surface area contributed by atoms with Crippen LogP contribution in [0.2, 0.25) is 0 Å². The summed E-state index contributed by atoms with van der Waals surface area (Å²) < 4.78 is 0. The van der Waals surface area contributed by atoms with Crippen molar-refractivity contribution in [2.45, 2.75) is 19.9 Å². The molecule has 0 heterocycles. The van der Waals surface area contributed by atoms with Gasteiger partial charge in [-0.1, -0.05) is 0 Å². The van der Waals surface area contributed by atoms with Crippen molar-refractivity contribution >= 4 is 11.9 Å². The van der Waals surface area contributed by atoms with E-state index in [4.69, 9.17) is 5.11 Å². The van der Waals surface area contributed by atoms with Crippen molar-refractivity contribution in [1.82, 2.24) is 10.2 Å². The highest BCUT2D eigenvalue weighted by molar-refractivity contribution is 6.01. The average molecular weight is 188 g/mol. The van der Waals surface area contributed by atoms with Crippen LogP contribution in [-0.4, -0.2) is 48.1 Å². The summed E-state index contributed by atoms with van der Waals surface area (Å²) >= 11 is 0. The maximum atomic E-state index is 11.5. The van der Waals surface area contributed by atoms with Crippen LogP contribution in [0.5, 0.6) is 0 Å². The summed E-state index contributed by atoms with van der Waals surface area (Å²) in [4.78, 5) is 23.5. The number of carboxylic acids is 1. The Balaban J connectivity index is 4.43. The molecule has 76 valence electrons. The van der Waals surface area contributed by atoms with E-state index in [0.717, 1.165) is 0 Å². The van der Waals surface area contributed by atoms with Gasteiger partial charge < -0.3 is 10.0 Å². The summed E-state index contributed by atoms with van der Waals surface area (Å²) in [6, 6.07) is -1.13. The highest BCUT2D eigenvalue weighted by Gasteiger charge is 2.27. The van der Waals surface area contributed by atoms with Crippen molar-refractivity contribution < 1.29 is 14.7 Å². The zero-order valence-corrected chi connectivity index (χ0v) is 8.20. The van der Waals surface area contributed by atoms with Crippen LogP contribution in [-0.2, 0) is 9.59 Å². The van der Waals surface area contributed by atoms with Crippen LogP contribution in [0, 0.1) is 0 Å². The first kappa shape index (κ1) is 11.9. The van der Waals surface area contributed by atoms with Crippen LogP contribution < -0.4 is 5.32 Å². The number of amides is 1. The van der Waals surface area contributed by atoms with Crippen molar-refractivity contribution in [3.05, 3.63) is 0 Å². The van der Waals surface area contributed by atoms with Gasteiger partial charge in [-0.05, 0) is 20.9 Å². The van der Waals surface area contributed by atoms with Gasteiger partial charge in [0.05, 0.1) is 0 Å². The normalized spacial score (nSPS) is 12.2. The smallest absolute Gasteiger partial charge is 0.330 e. The van der Waals surface area contributed by atoms with Gasteiger partial charge in [0.25, 0.3) is 5.91 Å². The number of carbonyl (C=O) groups excluding carboxylic acids is 1. The minimum Gasteiger partial charge on any atom is -0.480 e. The fraction of sp³-hybridized carbons (Fsp3) is 0.750. The van der Waals surface area contributed by atoms with Crippen molar-refractivity contribution in [1.29, 1.82) is 0 Å². The Morgan fingerprint density at radius 1 is 1.38 bits per heavy atom. The van der Waals surface area contributed by atoms with Crippen LogP contribution in [0.1, 0.15) is 13.8 Å². The molecule has 0 aliphatic rings. The molecule has 0 radical (unpaired) electrons. The number of likely N-dealkylation sites (N-methyl/N-ethyl adjacent to an activating group) is 2. The first-order chi connectivity index (χ1) is 6.08. The topological polar surface area (TPSA) is 69.6 Å². The van der Waals surface area contributed by atoms with Crippen LogP contribution in [0.4, 0.5) is 0 Å². The van der Waals surface area contributed by atoms with E-state index in [2.05, 4.69) is 5.32 Å². The lowest BCUT2D eigenvalue weighted by molar-refractivity contribution is -0.147. The van der Waals surface area contributed by atoms with Crippen molar-refractivity contribution in [3.8, 4) is 0 Å². The van der Waals surface area contributed by atoms with Crippen LogP contribution in [0.3, 0.4) is 0 Å². The Labute approximate surface area is 77.7 Å². The van der Waals surface area contributed by atoms with E-state index in [0.29, 0.717) is 13.1 Å². The molecule has 0 rings (SSSR count). The first-order valence-corrected chi connectivity index (χ1v) is 4.27. The minimum absolute atomic E-state index is 0.389. The molecule has 0 bridgehead atoms. The third-order valence-electron chi connectivity index (χ3n) is 1.86. The highest BCUT2D eigenvalue weighted by Crippen LogP contribution is 1.94. The molecule has 0 aromatic carbocycles. The molecule has 2 N–H and O–H groups in total. The van der Waals surface area contributed by atoms with Gasteiger partial charge in [-0.25, -0.2) is 4.79 Å². The fourth-order valence-electron chi connectivity index (χ4n) is 1.07. The van der Waals surface area contributed by atoms with Gasteiger partial charge in [0.2, 0.25) is 0 Å². The Bertz CT molecular complexity index is 190. The van der Waals surface area contributed by atoms with E-state index in [1.807, 2.05) is 13.8 Å². The monoisotopic (exact) mass is 188 g/mol. The minimum atomic E-state index is -1.14. The summed E-state index contributed by atoms with van der Waals surface area (Å²) in [5.74, 6) is -1.53. The average Bonchev–Trinajstić information content (AvgIpc) is 2.07. The van der Waals surface area contributed by atoms with Gasteiger partial charge >= 0.3 is 5.97 Å². The van der Waals surface area contributed by atoms with Crippen molar-refractivity contribution in [3.63, 3.8) is 0 Å². The lowest BCUT2D eigenvalue weighted by atomic mass is 10.2. The van der Waals surface area contributed by atoms with Crippen LogP contribution >= 0.6 is 0 Å². The number of hydrogen-bond acceptors (Lipinski definition) is 3. The maximum absolute atomic E-state index is 11.5. The second kappa shape index (κ2) is 5.53. The number of carbonyl (C=O) groups is 2. The number of rotatable bonds is 5. The molecular weight excluding hydrogens is 172 g/mol. The standard InChI is InChI=1S/C8H16N2O3/c1-4-10(5-2)7(11)6(9-3)8(12)13/h6,9H,4-5H2,1-3H3,(H,12,13). The van der Waals surface area contributed by atoms with Crippen LogP contribution in [0.25, 0.3) is 0 Å². The third kappa shape index (κ3) is 3.02. The van der Waals surface area contributed by atoms with E-state index in [9.17, 15) is 9.59 Å². The molecule has 0 aromatic rings. The van der Waals surface area contributed by atoms with Gasteiger partial charge in [0.1, 0.15) is 0 Å². The molecular formula is C8H16N2O3. The van der Waals surface area contributed by atoms with Crippen molar-refractivity contribution in [2.75, 3.05) is 20.1 Å². The number of carboxylic acid groups (broad SMARTS) is 1. The molecule has 13 heavy (non-hydrogen) atoms. The predicted octanol–water partition coefficient (Wildman–Crippen LogP) is -0.473. The number of nitrogens with zero attached hydrogens (tertiary/aromatic N) is 1. The predicted molar refractivity (Wildman–Crippen MR) is 48.4 cm³/mol. The molecule has 5 nitrogen and oxygen atoms in total. The summed E-state index contributed by atoms with van der Waals surface area (Å²) in [6.45, 7) is 4.69. The SMILES string of the molecule is CCN(CC)C(=O)C(NC)C(=O)O. The van der Waals surface area contributed by atoms with Gasteiger partial charge in [-0.3, -0.25) is 10.1 Å². The summed E-state index contributed by atoms with van der Waals surface area (Å²) in [5.41, 5.74) is 0. The van der Waals surface area contributed by atoms with Gasteiger partial charge in [0.15, 0.2) is 6.04 Å². The molecule has 1 amide bonds. The fourth-order valence-corrected chi connectivity index (χ4v) is 1.07. The maximum Gasteiger partial charge on any atom is 0.330 e. The third-order valence-corrected chi connectivity index (χ3v) is 1.86. The van der Waals surface area contributed by atoms with Crippen LogP contribution in [0.15, 0.2) is 0 Å². The van der Waals surface area contributed by atoms with Gasteiger partial charge in [-0.15, -0.1) is 0 Å².